The number of ether oxygens (including phenoxy) is 1. The fourth-order valence-electron chi connectivity index (χ4n) is 0.746. The summed E-state index contributed by atoms with van der Waals surface area (Å²) in [6.07, 6.45) is 0. The number of benzene rings is 1. The van der Waals surface area contributed by atoms with Gasteiger partial charge in [-0.05, 0) is 24.3 Å². The Hall–Kier alpha value is -0.440. The minimum atomic E-state index is -0.827. The van der Waals surface area contributed by atoms with Crippen molar-refractivity contribution in [3.8, 4) is 5.75 Å². The highest BCUT2D eigenvalue weighted by atomic mass is 35.5. The zero-order valence-electron chi connectivity index (χ0n) is 7.04. The van der Waals surface area contributed by atoms with Crippen LogP contribution in [0.3, 0.4) is 0 Å². The largest absolute Gasteiger partial charge is 0.425 e. The summed E-state index contributed by atoms with van der Waals surface area (Å²) in [6, 6.07) is 6.40. The molecule has 1 unspecified atom stereocenters. The van der Waals surface area contributed by atoms with E-state index < -0.39 is 11.3 Å². The number of hydrogen-bond acceptors (Lipinski definition) is 2. The van der Waals surface area contributed by atoms with E-state index in [1.165, 1.54) is 0 Å². The second-order valence-corrected chi connectivity index (χ2v) is 3.77. The van der Waals surface area contributed by atoms with Crippen LogP contribution in [0.4, 0.5) is 0 Å². The molecule has 1 atom stereocenters. The fourth-order valence-corrected chi connectivity index (χ4v) is 1.04. The summed E-state index contributed by atoms with van der Waals surface area (Å²) in [4.78, 5) is 11.2. The SMILES string of the molecule is O=C(Oc1ccc(Cl)cc1)C(Cl)CCl. The van der Waals surface area contributed by atoms with E-state index in [9.17, 15) is 4.79 Å². The van der Waals surface area contributed by atoms with Crippen LogP contribution in [0, 0.1) is 0 Å². The third kappa shape index (κ3) is 3.37. The van der Waals surface area contributed by atoms with E-state index in [-0.39, 0.29) is 5.88 Å². The van der Waals surface area contributed by atoms with E-state index in [1.807, 2.05) is 0 Å². The third-order valence-electron chi connectivity index (χ3n) is 1.42. The van der Waals surface area contributed by atoms with Crippen LogP contribution in [0.1, 0.15) is 0 Å². The lowest BCUT2D eigenvalue weighted by Crippen LogP contribution is -2.21. The molecule has 0 aliphatic carbocycles. The number of esters is 1. The van der Waals surface area contributed by atoms with E-state index in [1.54, 1.807) is 24.3 Å². The number of alkyl halides is 2. The number of rotatable bonds is 3. The predicted molar refractivity (Wildman–Crippen MR) is 57.4 cm³/mol. The number of halogens is 3. The summed E-state index contributed by atoms with van der Waals surface area (Å²) < 4.78 is 4.91. The maximum Gasteiger partial charge on any atom is 0.330 e. The molecule has 0 fully saturated rings. The first-order chi connectivity index (χ1) is 6.63. The van der Waals surface area contributed by atoms with Gasteiger partial charge in [0.2, 0.25) is 0 Å². The zero-order chi connectivity index (χ0) is 10.6. The van der Waals surface area contributed by atoms with Crippen molar-refractivity contribution in [1.29, 1.82) is 0 Å². The van der Waals surface area contributed by atoms with Gasteiger partial charge in [-0.25, -0.2) is 4.79 Å². The van der Waals surface area contributed by atoms with E-state index in [0.29, 0.717) is 10.8 Å². The molecule has 0 aliphatic heterocycles. The van der Waals surface area contributed by atoms with Crippen molar-refractivity contribution in [1.82, 2.24) is 0 Å². The summed E-state index contributed by atoms with van der Waals surface area (Å²) in [5.41, 5.74) is 0. The Labute approximate surface area is 96.7 Å². The molecule has 76 valence electrons. The minimum absolute atomic E-state index is 0.0218. The molecule has 1 rings (SSSR count). The van der Waals surface area contributed by atoms with Gasteiger partial charge in [0.05, 0.1) is 0 Å². The lowest BCUT2D eigenvalue weighted by Gasteiger charge is -2.06. The van der Waals surface area contributed by atoms with Gasteiger partial charge >= 0.3 is 5.97 Å². The van der Waals surface area contributed by atoms with E-state index in [0.717, 1.165) is 0 Å². The molecule has 0 saturated heterocycles. The molecule has 0 aliphatic rings. The van der Waals surface area contributed by atoms with Gasteiger partial charge < -0.3 is 4.74 Å². The second kappa shape index (κ2) is 5.44. The topological polar surface area (TPSA) is 26.3 Å². The molecule has 0 bridgehead atoms. The molecular weight excluding hydrogens is 246 g/mol. The Bertz CT molecular complexity index is 310. The Morgan fingerprint density at radius 2 is 1.93 bits per heavy atom. The molecule has 0 N–H and O–H groups in total. The molecule has 0 saturated carbocycles. The van der Waals surface area contributed by atoms with Gasteiger partial charge in [0.25, 0.3) is 0 Å². The Morgan fingerprint density at radius 1 is 1.36 bits per heavy atom. The van der Waals surface area contributed by atoms with Crippen LogP contribution in [-0.4, -0.2) is 17.2 Å². The van der Waals surface area contributed by atoms with Crippen molar-refractivity contribution in [3.63, 3.8) is 0 Å². The van der Waals surface area contributed by atoms with Gasteiger partial charge in [-0.1, -0.05) is 11.6 Å². The van der Waals surface area contributed by atoms with Gasteiger partial charge in [-0.3, -0.25) is 0 Å². The molecule has 14 heavy (non-hydrogen) atoms. The zero-order valence-corrected chi connectivity index (χ0v) is 9.31. The van der Waals surface area contributed by atoms with Crippen molar-refractivity contribution in [2.24, 2.45) is 0 Å². The molecule has 0 radical (unpaired) electrons. The molecule has 2 nitrogen and oxygen atoms in total. The first kappa shape index (κ1) is 11.6. The van der Waals surface area contributed by atoms with Crippen molar-refractivity contribution in [2.45, 2.75) is 5.38 Å². The molecule has 0 spiro atoms. The number of carbonyl (C=O) groups is 1. The smallest absolute Gasteiger partial charge is 0.330 e. The number of hydrogen-bond donors (Lipinski definition) is 0. The van der Waals surface area contributed by atoms with Gasteiger partial charge in [0.15, 0.2) is 0 Å². The van der Waals surface area contributed by atoms with Gasteiger partial charge in [-0.15, -0.1) is 23.2 Å². The van der Waals surface area contributed by atoms with Crippen LogP contribution in [0.15, 0.2) is 24.3 Å². The van der Waals surface area contributed by atoms with E-state index >= 15 is 0 Å². The quantitative estimate of drug-likeness (QED) is 0.470. The standard InChI is InChI=1S/C9H7Cl3O2/c10-5-8(12)9(13)14-7-3-1-6(11)2-4-7/h1-4,8H,5H2. The molecule has 0 amide bonds. The maximum atomic E-state index is 11.2. The first-order valence-electron chi connectivity index (χ1n) is 3.81. The van der Waals surface area contributed by atoms with Crippen molar-refractivity contribution >= 4 is 40.8 Å². The summed E-state index contributed by atoms with van der Waals surface area (Å²) in [6.45, 7) is 0. The molecule has 1 aromatic rings. The summed E-state index contributed by atoms with van der Waals surface area (Å²) in [7, 11) is 0. The molecular formula is C9H7Cl3O2. The van der Waals surface area contributed by atoms with Crippen LogP contribution >= 0.6 is 34.8 Å². The summed E-state index contributed by atoms with van der Waals surface area (Å²) in [5, 5.41) is -0.253. The van der Waals surface area contributed by atoms with Crippen LogP contribution < -0.4 is 4.74 Å². The molecule has 0 heterocycles. The summed E-state index contributed by atoms with van der Waals surface area (Å²) >= 11 is 16.6. The average molecular weight is 254 g/mol. The predicted octanol–water partition coefficient (Wildman–Crippen LogP) is 3.09. The first-order valence-corrected chi connectivity index (χ1v) is 5.15. The number of carbonyl (C=O) groups excluding carboxylic acids is 1. The summed E-state index contributed by atoms with van der Waals surface area (Å²) in [5.74, 6) is -0.146. The van der Waals surface area contributed by atoms with Crippen LogP contribution in [0.25, 0.3) is 0 Å². The van der Waals surface area contributed by atoms with E-state index in [2.05, 4.69) is 0 Å². The van der Waals surface area contributed by atoms with Crippen molar-refractivity contribution in [2.75, 3.05) is 5.88 Å². The lowest BCUT2D eigenvalue weighted by atomic mass is 10.3. The van der Waals surface area contributed by atoms with Crippen LogP contribution in [-0.2, 0) is 4.79 Å². The van der Waals surface area contributed by atoms with Crippen LogP contribution in [0.5, 0.6) is 5.75 Å². The molecule has 5 heteroatoms. The van der Waals surface area contributed by atoms with E-state index in [4.69, 9.17) is 39.5 Å². The highest BCUT2D eigenvalue weighted by Gasteiger charge is 2.16. The third-order valence-corrected chi connectivity index (χ3v) is 2.47. The second-order valence-electron chi connectivity index (χ2n) is 2.50. The minimum Gasteiger partial charge on any atom is -0.425 e. The highest BCUT2D eigenvalue weighted by molar-refractivity contribution is 6.35. The van der Waals surface area contributed by atoms with Gasteiger partial charge in [0, 0.05) is 10.9 Å². The Kier molecular flexibility index (Phi) is 4.52. The monoisotopic (exact) mass is 252 g/mol. The normalized spacial score (nSPS) is 12.2. The van der Waals surface area contributed by atoms with Gasteiger partial charge in [-0.2, -0.15) is 0 Å². The highest BCUT2D eigenvalue weighted by Crippen LogP contribution is 2.16. The van der Waals surface area contributed by atoms with Gasteiger partial charge in [0.1, 0.15) is 11.1 Å². The lowest BCUT2D eigenvalue weighted by molar-refractivity contribution is -0.133. The Balaban J connectivity index is 2.60. The van der Waals surface area contributed by atoms with Crippen LogP contribution in [0.2, 0.25) is 5.02 Å². The maximum absolute atomic E-state index is 11.2. The Morgan fingerprint density at radius 3 is 2.43 bits per heavy atom. The van der Waals surface area contributed by atoms with Crippen molar-refractivity contribution < 1.29 is 9.53 Å². The average Bonchev–Trinajstić information content (AvgIpc) is 2.20. The fraction of sp³-hybridized carbons (Fsp3) is 0.222. The molecule has 1 aromatic carbocycles. The molecule has 0 aromatic heterocycles. The van der Waals surface area contributed by atoms with Crippen molar-refractivity contribution in [3.05, 3.63) is 29.3 Å².